The highest BCUT2D eigenvalue weighted by Crippen LogP contribution is 2.24. The Morgan fingerprint density at radius 2 is 1.84 bits per heavy atom. The zero-order valence-electron chi connectivity index (χ0n) is 17.7. The van der Waals surface area contributed by atoms with Crippen LogP contribution < -0.4 is 0 Å². The third-order valence-electron chi connectivity index (χ3n) is 5.34. The number of esters is 1. The first-order valence-corrected chi connectivity index (χ1v) is 11.6. The van der Waals surface area contributed by atoms with Gasteiger partial charge in [0.25, 0.3) is 5.91 Å². The molecule has 0 bridgehead atoms. The van der Waals surface area contributed by atoms with Gasteiger partial charge in [-0.15, -0.1) is 0 Å². The average molecular weight is 446 g/mol. The first kappa shape index (κ1) is 22.9. The molecule has 1 aliphatic rings. The van der Waals surface area contributed by atoms with Crippen molar-refractivity contribution in [3.63, 3.8) is 0 Å². The second-order valence-electron chi connectivity index (χ2n) is 7.63. The van der Waals surface area contributed by atoms with E-state index in [9.17, 15) is 18.0 Å². The number of amides is 1. The second kappa shape index (κ2) is 10.0. The quantitative estimate of drug-likeness (QED) is 0.606. The molecule has 2 heterocycles. The van der Waals surface area contributed by atoms with E-state index in [1.807, 2.05) is 30.3 Å². The monoisotopic (exact) mass is 445 g/mol. The van der Waals surface area contributed by atoms with Crippen molar-refractivity contribution >= 4 is 21.9 Å². The summed E-state index contributed by atoms with van der Waals surface area (Å²) in [6, 6.07) is 12.6. The SMILES string of the molecule is CC(OC(=O)C1CCN(S(=O)(=O)c2cccnc2)CC1)C(=O)N(C)Cc1ccccc1. The predicted octanol–water partition coefficient (Wildman–Crippen LogP) is 2.07. The molecule has 8 nitrogen and oxygen atoms in total. The zero-order valence-corrected chi connectivity index (χ0v) is 18.5. The first-order valence-electron chi connectivity index (χ1n) is 10.2. The average Bonchev–Trinajstić information content (AvgIpc) is 2.79. The summed E-state index contributed by atoms with van der Waals surface area (Å²) in [4.78, 5) is 30.6. The Kier molecular flexibility index (Phi) is 7.40. The van der Waals surface area contributed by atoms with Crippen molar-refractivity contribution in [2.24, 2.45) is 5.92 Å². The van der Waals surface area contributed by atoms with E-state index in [2.05, 4.69) is 4.98 Å². The maximum atomic E-state index is 12.7. The smallest absolute Gasteiger partial charge is 0.309 e. The minimum atomic E-state index is -3.63. The van der Waals surface area contributed by atoms with Crippen LogP contribution in [0.3, 0.4) is 0 Å². The van der Waals surface area contributed by atoms with E-state index >= 15 is 0 Å². The Labute approximate surface area is 182 Å². The molecule has 1 amide bonds. The Hall–Kier alpha value is -2.78. The fraction of sp³-hybridized carbons (Fsp3) is 0.409. The molecule has 9 heteroatoms. The largest absolute Gasteiger partial charge is 0.452 e. The fourth-order valence-corrected chi connectivity index (χ4v) is 4.98. The van der Waals surface area contributed by atoms with Crippen LogP contribution in [0.2, 0.25) is 0 Å². The molecule has 1 aromatic heterocycles. The number of piperidine rings is 1. The van der Waals surface area contributed by atoms with Crippen LogP contribution in [0.25, 0.3) is 0 Å². The van der Waals surface area contributed by atoms with Crippen LogP contribution in [0, 0.1) is 5.92 Å². The number of nitrogens with zero attached hydrogens (tertiary/aromatic N) is 3. The highest BCUT2D eigenvalue weighted by molar-refractivity contribution is 7.89. The van der Waals surface area contributed by atoms with Gasteiger partial charge in [-0.2, -0.15) is 4.31 Å². The van der Waals surface area contributed by atoms with Crippen molar-refractivity contribution in [1.29, 1.82) is 0 Å². The summed E-state index contributed by atoms with van der Waals surface area (Å²) in [5.74, 6) is -1.18. The van der Waals surface area contributed by atoms with Gasteiger partial charge in [0.1, 0.15) is 4.90 Å². The van der Waals surface area contributed by atoms with Crippen molar-refractivity contribution in [2.75, 3.05) is 20.1 Å². The molecule has 1 saturated heterocycles. The number of hydrogen-bond acceptors (Lipinski definition) is 6. The van der Waals surface area contributed by atoms with Crippen molar-refractivity contribution in [1.82, 2.24) is 14.2 Å². The van der Waals surface area contributed by atoms with E-state index < -0.39 is 28.0 Å². The van der Waals surface area contributed by atoms with E-state index in [-0.39, 0.29) is 23.9 Å². The molecule has 31 heavy (non-hydrogen) atoms. The van der Waals surface area contributed by atoms with Gasteiger partial charge >= 0.3 is 5.97 Å². The summed E-state index contributed by atoms with van der Waals surface area (Å²) in [5.41, 5.74) is 0.985. The van der Waals surface area contributed by atoms with Crippen LogP contribution in [0.4, 0.5) is 0 Å². The van der Waals surface area contributed by atoms with E-state index in [1.54, 1.807) is 20.0 Å². The summed E-state index contributed by atoms with van der Waals surface area (Å²) in [6.07, 6.45) is 2.62. The molecule has 1 aliphatic heterocycles. The van der Waals surface area contributed by atoms with Gasteiger partial charge in [-0.1, -0.05) is 30.3 Å². The van der Waals surface area contributed by atoms with Gasteiger partial charge in [0.05, 0.1) is 5.92 Å². The van der Waals surface area contributed by atoms with Crippen LogP contribution in [-0.2, 0) is 30.9 Å². The summed E-state index contributed by atoms with van der Waals surface area (Å²) in [7, 11) is -1.96. The standard InChI is InChI=1S/C22H27N3O5S/c1-17(21(26)24(2)16-18-7-4-3-5-8-18)30-22(27)19-10-13-25(14-11-19)31(28,29)20-9-6-12-23-15-20/h3-9,12,15,17,19H,10-11,13-14,16H2,1-2H3. The molecule has 1 unspecified atom stereocenters. The number of likely N-dealkylation sites (N-methyl/N-ethyl adjacent to an activating group) is 1. The van der Waals surface area contributed by atoms with E-state index in [0.717, 1.165) is 5.56 Å². The van der Waals surface area contributed by atoms with Crippen molar-refractivity contribution in [2.45, 2.75) is 37.3 Å². The van der Waals surface area contributed by atoms with Gasteiger partial charge in [0.2, 0.25) is 10.0 Å². The minimum Gasteiger partial charge on any atom is -0.452 e. The fourth-order valence-electron chi connectivity index (χ4n) is 3.55. The number of rotatable bonds is 7. The molecule has 0 saturated carbocycles. The summed E-state index contributed by atoms with van der Waals surface area (Å²) in [6.45, 7) is 2.41. The molecule has 166 valence electrons. The molecular weight excluding hydrogens is 418 g/mol. The third kappa shape index (κ3) is 5.68. The normalized spacial score (nSPS) is 16.5. The number of sulfonamides is 1. The van der Waals surface area contributed by atoms with Crippen LogP contribution in [-0.4, -0.2) is 60.7 Å². The maximum Gasteiger partial charge on any atom is 0.309 e. The van der Waals surface area contributed by atoms with Crippen molar-refractivity contribution in [3.8, 4) is 0 Å². The molecule has 3 rings (SSSR count). The van der Waals surface area contributed by atoms with E-state index in [4.69, 9.17) is 4.74 Å². The highest BCUT2D eigenvalue weighted by Gasteiger charge is 2.34. The topological polar surface area (TPSA) is 96.9 Å². The molecule has 0 radical (unpaired) electrons. The number of carbonyl (C=O) groups is 2. The minimum absolute atomic E-state index is 0.136. The van der Waals surface area contributed by atoms with E-state index in [0.29, 0.717) is 19.4 Å². The van der Waals surface area contributed by atoms with Gasteiger partial charge in [-0.3, -0.25) is 14.6 Å². The lowest BCUT2D eigenvalue weighted by atomic mass is 9.98. The molecule has 1 fully saturated rings. The third-order valence-corrected chi connectivity index (χ3v) is 7.22. The Morgan fingerprint density at radius 1 is 1.16 bits per heavy atom. The number of hydrogen-bond donors (Lipinski definition) is 0. The lowest BCUT2D eigenvalue weighted by Crippen LogP contribution is -2.42. The lowest BCUT2D eigenvalue weighted by molar-refractivity contribution is -0.163. The molecular formula is C22H27N3O5S. The highest BCUT2D eigenvalue weighted by atomic mass is 32.2. The Morgan fingerprint density at radius 3 is 2.45 bits per heavy atom. The number of benzene rings is 1. The summed E-state index contributed by atoms with van der Waals surface area (Å²) >= 11 is 0. The second-order valence-corrected chi connectivity index (χ2v) is 9.56. The predicted molar refractivity (Wildman–Crippen MR) is 114 cm³/mol. The number of aromatic nitrogens is 1. The molecule has 0 spiro atoms. The Bertz CT molecular complexity index is 990. The first-order chi connectivity index (χ1) is 14.8. The van der Waals surface area contributed by atoms with Crippen LogP contribution >= 0.6 is 0 Å². The zero-order chi connectivity index (χ0) is 22.4. The van der Waals surface area contributed by atoms with Crippen molar-refractivity contribution in [3.05, 3.63) is 60.4 Å². The van der Waals surface area contributed by atoms with Crippen LogP contribution in [0.5, 0.6) is 0 Å². The molecule has 1 aromatic carbocycles. The molecule has 2 aromatic rings. The van der Waals surface area contributed by atoms with Gasteiger partial charge in [0, 0.05) is 39.1 Å². The van der Waals surface area contributed by atoms with Gasteiger partial charge in [-0.05, 0) is 37.5 Å². The summed E-state index contributed by atoms with van der Waals surface area (Å²) < 4.78 is 32.1. The van der Waals surface area contributed by atoms with Crippen LogP contribution in [0.15, 0.2) is 59.8 Å². The van der Waals surface area contributed by atoms with Crippen molar-refractivity contribution < 1.29 is 22.7 Å². The molecule has 0 aliphatic carbocycles. The van der Waals surface area contributed by atoms with Crippen LogP contribution in [0.1, 0.15) is 25.3 Å². The van der Waals surface area contributed by atoms with Gasteiger partial charge in [0.15, 0.2) is 6.10 Å². The number of pyridine rings is 1. The molecule has 1 atom stereocenters. The lowest BCUT2D eigenvalue weighted by Gasteiger charge is -2.30. The maximum absolute atomic E-state index is 12.7. The van der Waals surface area contributed by atoms with E-state index in [1.165, 1.54) is 27.7 Å². The van der Waals surface area contributed by atoms with Gasteiger partial charge < -0.3 is 9.64 Å². The number of carbonyl (C=O) groups excluding carboxylic acids is 2. The number of ether oxygens (including phenoxy) is 1. The summed E-state index contributed by atoms with van der Waals surface area (Å²) in [5, 5.41) is 0. The molecule has 0 N–H and O–H groups in total. The Balaban J connectivity index is 1.51. The van der Waals surface area contributed by atoms with Gasteiger partial charge in [-0.25, -0.2) is 8.42 Å².